The molecule has 0 spiro atoms. The van der Waals surface area contributed by atoms with Crippen molar-refractivity contribution in [1.82, 2.24) is 0 Å². The fourth-order valence-electron chi connectivity index (χ4n) is 7.46. The summed E-state index contributed by atoms with van der Waals surface area (Å²) in [5.74, 6) is 2.33. The molecular weight excluding hydrogens is 364 g/mol. The molecule has 4 bridgehead atoms. The summed E-state index contributed by atoms with van der Waals surface area (Å²) in [5.41, 5.74) is 0.389. The molecule has 0 saturated heterocycles. The first kappa shape index (κ1) is 19.4. The van der Waals surface area contributed by atoms with Gasteiger partial charge >= 0.3 is 11.9 Å². The topological polar surface area (TPSA) is 52.6 Å². The van der Waals surface area contributed by atoms with E-state index in [0.29, 0.717) is 29.6 Å². The van der Waals surface area contributed by atoms with E-state index in [1.807, 2.05) is 0 Å². The average molecular weight is 399 g/mol. The van der Waals surface area contributed by atoms with Gasteiger partial charge in [0.1, 0.15) is 5.60 Å². The Morgan fingerprint density at radius 1 is 1.14 bits per heavy atom. The van der Waals surface area contributed by atoms with Crippen molar-refractivity contribution in [3.63, 3.8) is 0 Å². The zero-order valence-electron chi connectivity index (χ0n) is 18.0. The minimum atomic E-state index is -0.755. The molecule has 0 aromatic heterocycles. The summed E-state index contributed by atoms with van der Waals surface area (Å²) in [4.78, 5) is 26.1. The predicted octanol–water partition coefficient (Wildman–Crippen LogP) is 4.84. The van der Waals surface area contributed by atoms with Crippen LogP contribution in [0, 0.1) is 40.9 Å². The summed E-state index contributed by atoms with van der Waals surface area (Å²) in [6.07, 6.45) is 14.7. The third kappa shape index (κ3) is 3.00. The molecule has 29 heavy (non-hydrogen) atoms. The SMILES string of the molecule is COC(=O)CC1(C(=O)OC2(C)CC3CCC2C3)CC(C2=CC3C=CC2C3)CC1C. The Hall–Kier alpha value is -1.58. The molecular formula is C25H34O4. The number of allylic oxidation sites excluding steroid dienone is 4. The lowest BCUT2D eigenvalue weighted by atomic mass is 9.74. The molecule has 8 unspecified atom stereocenters. The molecule has 0 heterocycles. The van der Waals surface area contributed by atoms with Crippen LogP contribution in [0.4, 0.5) is 0 Å². The molecule has 0 N–H and O–H groups in total. The number of ether oxygens (including phenoxy) is 2. The Morgan fingerprint density at radius 3 is 2.55 bits per heavy atom. The summed E-state index contributed by atoms with van der Waals surface area (Å²) < 4.78 is 11.3. The van der Waals surface area contributed by atoms with E-state index in [4.69, 9.17) is 9.47 Å². The summed E-state index contributed by atoms with van der Waals surface area (Å²) in [7, 11) is 1.42. The van der Waals surface area contributed by atoms with Gasteiger partial charge in [-0.3, -0.25) is 9.59 Å². The number of hydrogen-bond donors (Lipinski definition) is 0. The molecule has 0 radical (unpaired) electrons. The lowest BCUT2D eigenvalue weighted by Gasteiger charge is -2.39. The number of fused-ring (bicyclic) bond motifs is 4. The number of carbonyl (C=O) groups excluding carboxylic acids is 2. The maximum atomic E-state index is 13.7. The van der Waals surface area contributed by atoms with Crippen molar-refractivity contribution in [2.75, 3.05) is 7.11 Å². The molecule has 4 nitrogen and oxygen atoms in total. The smallest absolute Gasteiger partial charge is 0.313 e. The molecule has 0 amide bonds. The number of rotatable bonds is 5. The largest absolute Gasteiger partial charge is 0.469 e. The number of methoxy groups -OCH3 is 1. The Balaban J connectivity index is 1.39. The minimum Gasteiger partial charge on any atom is -0.469 e. The van der Waals surface area contributed by atoms with Crippen LogP contribution < -0.4 is 0 Å². The van der Waals surface area contributed by atoms with Crippen molar-refractivity contribution in [2.45, 2.75) is 70.8 Å². The standard InChI is InChI=1S/C25H34O4/c1-15-8-19(21-11-16-4-6-18(21)9-16)13-25(15,14-22(26)28-3)23(27)29-24(2)12-17-5-7-20(24)10-17/h4,6,11,15-20H,5,7-10,12-14H2,1-3H3. The van der Waals surface area contributed by atoms with E-state index in [9.17, 15) is 9.59 Å². The Kier molecular flexibility index (Phi) is 4.49. The molecule has 3 fully saturated rings. The first-order valence-corrected chi connectivity index (χ1v) is 11.5. The third-order valence-electron chi connectivity index (χ3n) is 9.13. The summed E-state index contributed by atoms with van der Waals surface area (Å²) in [6, 6.07) is 0. The van der Waals surface area contributed by atoms with Gasteiger partial charge in [-0.25, -0.2) is 0 Å². The molecule has 3 saturated carbocycles. The van der Waals surface area contributed by atoms with E-state index >= 15 is 0 Å². The van der Waals surface area contributed by atoms with Gasteiger partial charge in [0.25, 0.3) is 0 Å². The molecule has 0 aromatic carbocycles. The van der Waals surface area contributed by atoms with E-state index in [1.165, 1.54) is 38.4 Å². The van der Waals surface area contributed by atoms with Gasteiger partial charge in [0.15, 0.2) is 0 Å². The molecule has 5 aliphatic carbocycles. The Morgan fingerprint density at radius 2 is 1.97 bits per heavy atom. The maximum absolute atomic E-state index is 13.7. The highest BCUT2D eigenvalue weighted by molar-refractivity contribution is 5.84. The fourth-order valence-corrected chi connectivity index (χ4v) is 7.46. The quantitative estimate of drug-likeness (QED) is 0.491. The van der Waals surface area contributed by atoms with Crippen molar-refractivity contribution in [2.24, 2.45) is 40.9 Å². The van der Waals surface area contributed by atoms with Crippen LogP contribution in [0.2, 0.25) is 0 Å². The van der Waals surface area contributed by atoms with Crippen molar-refractivity contribution < 1.29 is 19.1 Å². The third-order valence-corrected chi connectivity index (χ3v) is 9.13. The van der Waals surface area contributed by atoms with Gasteiger partial charge in [-0.05, 0) is 87.4 Å². The first-order valence-electron chi connectivity index (χ1n) is 11.5. The minimum absolute atomic E-state index is 0.116. The van der Waals surface area contributed by atoms with Crippen LogP contribution in [0.3, 0.4) is 0 Å². The second kappa shape index (κ2) is 6.72. The number of esters is 2. The number of hydrogen-bond acceptors (Lipinski definition) is 4. The average Bonchev–Trinajstić information content (AvgIpc) is 3.48. The van der Waals surface area contributed by atoms with Crippen LogP contribution in [0.15, 0.2) is 23.8 Å². The summed E-state index contributed by atoms with van der Waals surface area (Å²) in [6.45, 7) is 4.26. The molecule has 158 valence electrons. The maximum Gasteiger partial charge on any atom is 0.313 e. The first-order chi connectivity index (χ1) is 13.8. The van der Waals surface area contributed by atoms with Gasteiger partial charge in [-0.1, -0.05) is 30.7 Å². The van der Waals surface area contributed by atoms with Gasteiger partial charge in [-0.15, -0.1) is 0 Å². The predicted molar refractivity (Wildman–Crippen MR) is 110 cm³/mol. The van der Waals surface area contributed by atoms with Crippen LogP contribution in [0.5, 0.6) is 0 Å². The van der Waals surface area contributed by atoms with Crippen LogP contribution in [-0.4, -0.2) is 24.6 Å². The molecule has 8 atom stereocenters. The number of carbonyl (C=O) groups is 2. The van der Waals surface area contributed by atoms with Crippen molar-refractivity contribution in [3.05, 3.63) is 23.8 Å². The molecule has 5 aliphatic rings. The fraction of sp³-hybridized carbons (Fsp3) is 0.760. The van der Waals surface area contributed by atoms with Gasteiger partial charge in [0, 0.05) is 0 Å². The van der Waals surface area contributed by atoms with Crippen molar-refractivity contribution in [1.29, 1.82) is 0 Å². The highest BCUT2D eigenvalue weighted by Crippen LogP contribution is 2.58. The highest BCUT2D eigenvalue weighted by Gasteiger charge is 2.58. The van der Waals surface area contributed by atoms with E-state index in [0.717, 1.165) is 19.3 Å². The summed E-state index contributed by atoms with van der Waals surface area (Å²) >= 11 is 0. The Labute approximate surface area is 174 Å². The highest BCUT2D eigenvalue weighted by atomic mass is 16.6. The van der Waals surface area contributed by atoms with E-state index in [-0.39, 0.29) is 29.9 Å². The van der Waals surface area contributed by atoms with E-state index < -0.39 is 5.41 Å². The molecule has 0 aromatic rings. The Bertz CT molecular complexity index is 782. The second-order valence-corrected chi connectivity index (χ2v) is 10.8. The molecule has 4 heteroatoms. The van der Waals surface area contributed by atoms with Crippen LogP contribution in [0.25, 0.3) is 0 Å². The summed E-state index contributed by atoms with van der Waals surface area (Å²) in [5, 5.41) is 0. The van der Waals surface area contributed by atoms with Gasteiger partial charge in [-0.2, -0.15) is 0 Å². The van der Waals surface area contributed by atoms with E-state index in [1.54, 1.807) is 0 Å². The molecule has 0 aliphatic heterocycles. The van der Waals surface area contributed by atoms with Gasteiger partial charge in [0.2, 0.25) is 0 Å². The van der Waals surface area contributed by atoms with E-state index in [2.05, 4.69) is 32.1 Å². The monoisotopic (exact) mass is 398 g/mol. The second-order valence-electron chi connectivity index (χ2n) is 10.8. The lowest BCUT2D eigenvalue weighted by molar-refractivity contribution is -0.181. The van der Waals surface area contributed by atoms with Crippen LogP contribution in [-0.2, 0) is 19.1 Å². The zero-order chi connectivity index (χ0) is 20.4. The van der Waals surface area contributed by atoms with Crippen molar-refractivity contribution >= 4 is 11.9 Å². The molecule has 5 rings (SSSR count). The van der Waals surface area contributed by atoms with Crippen LogP contribution >= 0.6 is 0 Å². The lowest BCUT2D eigenvalue weighted by Crippen LogP contribution is -2.45. The van der Waals surface area contributed by atoms with Crippen LogP contribution in [0.1, 0.15) is 65.2 Å². The van der Waals surface area contributed by atoms with Crippen molar-refractivity contribution in [3.8, 4) is 0 Å². The zero-order valence-corrected chi connectivity index (χ0v) is 18.0. The van der Waals surface area contributed by atoms with Gasteiger partial charge < -0.3 is 9.47 Å². The normalized spacial score (nSPS) is 46.9. The van der Waals surface area contributed by atoms with Gasteiger partial charge in [0.05, 0.1) is 18.9 Å².